The Morgan fingerprint density at radius 1 is 1.42 bits per heavy atom. The molecule has 1 aromatic carbocycles. The van der Waals surface area contributed by atoms with Gasteiger partial charge in [-0.3, -0.25) is 0 Å². The van der Waals surface area contributed by atoms with Crippen LogP contribution in [0.1, 0.15) is 11.1 Å². The van der Waals surface area contributed by atoms with Crippen LogP contribution in [0.25, 0.3) is 0 Å². The van der Waals surface area contributed by atoms with E-state index in [1.165, 1.54) is 6.07 Å². The number of aryl methyl sites for hydroxylation is 1. The van der Waals surface area contributed by atoms with E-state index in [2.05, 4.69) is 15.3 Å². The van der Waals surface area contributed by atoms with Gasteiger partial charge < -0.3 is 10.1 Å². The normalized spacial score (nSPS) is 9.79. The Morgan fingerprint density at radius 2 is 2.21 bits per heavy atom. The van der Waals surface area contributed by atoms with Crippen molar-refractivity contribution in [2.24, 2.45) is 0 Å². The van der Waals surface area contributed by atoms with Crippen LogP contribution in [0.3, 0.4) is 0 Å². The first-order chi connectivity index (χ1) is 9.13. The van der Waals surface area contributed by atoms with Gasteiger partial charge in [0.2, 0.25) is 11.8 Å². The number of benzene rings is 1. The molecule has 0 saturated carbocycles. The van der Waals surface area contributed by atoms with Gasteiger partial charge in [-0.2, -0.15) is 14.6 Å². The zero-order valence-electron chi connectivity index (χ0n) is 10.4. The second kappa shape index (κ2) is 5.31. The van der Waals surface area contributed by atoms with Crippen molar-refractivity contribution in [3.8, 4) is 17.7 Å². The van der Waals surface area contributed by atoms with Crippen LogP contribution in [-0.2, 0) is 0 Å². The van der Waals surface area contributed by atoms with Gasteiger partial charge in [-0.25, -0.2) is 4.98 Å². The summed E-state index contributed by atoms with van der Waals surface area (Å²) < 4.78 is 19.0. The Labute approximate surface area is 109 Å². The predicted molar refractivity (Wildman–Crippen MR) is 67.5 cm³/mol. The summed E-state index contributed by atoms with van der Waals surface area (Å²) in [6, 6.07) is 6.93. The molecule has 6 heteroatoms. The molecular formula is C13H11FN4O. The lowest BCUT2D eigenvalue weighted by atomic mass is 10.1. The maximum absolute atomic E-state index is 13.6. The maximum Gasteiger partial charge on any atom is 0.260 e. The summed E-state index contributed by atoms with van der Waals surface area (Å²) in [5.74, 6) is -0.206. The maximum atomic E-state index is 13.6. The highest BCUT2D eigenvalue weighted by atomic mass is 19.1. The summed E-state index contributed by atoms with van der Waals surface area (Å²) in [4.78, 5) is 7.61. The van der Waals surface area contributed by atoms with Crippen LogP contribution in [0.2, 0.25) is 0 Å². The van der Waals surface area contributed by atoms with Crippen molar-refractivity contribution in [1.82, 2.24) is 9.97 Å². The number of anilines is 1. The highest BCUT2D eigenvalue weighted by molar-refractivity contribution is 5.43. The van der Waals surface area contributed by atoms with E-state index in [9.17, 15) is 4.39 Å². The fraction of sp³-hybridized carbons (Fsp3) is 0.154. The molecule has 0 unspecified atom stereocenters. The summed E-state index contributed by atoms with van der Waals surface area (Å²) in [5, 5.41) is 11.5. The number of ether oxygens (including phenoxy) is 1. The van der Waals surface area contributed by atoms with Crippen LogP contribution in [0.4, 0.5) is 10.3 Å². The van der Waals surface area contributed by atoms with Gasteiger partial charge in [0.15, 0.2) is 0 Å². The SMILES string of the molecule is CNc1ncc(F)c(Oc2cc(C#N)ccc2C)n1. The van der Waals surface area contributed by atoms with E-state index in [-0.39, 0.29) is 11.8 Å². The van der Waals surface area contributed by atoms with Gasteiger partial charge in [-0.15, -0.1) is 0 Å². The average Bonchev–Trinajstić information content (AvgIpc) is 2.43. The number of halogens is 1. The molecular weight excluding hydrogens is 247 g/mol. The van der Waals surface area contributed by atoms with Gasteiger partial charge in [0.1, 0.15) is 5.75 Å². The third kappa shape index (κ3) is 2.77. The molecule has 5 nitrogen and oxygen atoms in total. The molecule has 19 heavy (non-hydrogen) atoms. The van der Waals surface area contributed by atoms with Crippen LogP contribution in [0.5, 0.6) is 11.6 Å². The first kappa shape index (κ1) is 12.8. The van der Waals surface area contributed by atoms with Crippen molar-refractivity contribution in [3.63, 3.8) is 0 Å². The zero-order chi connectivity index (χ0) is 13.8. The van der Waals surface area contributed by atoms with E-state index in [1.54, 1.807) is 26.1 Å². The molecule has 2 aromatic rings. The number of hydrogen-bond acceptors (Lipinski definition) is 5. The van der Waals surface area contributed by atoms with Crippen molar-refractivity contribution < 1.29 is 9.13 Å². The molecule has 0 radical (unpaired) electrons. The van der Waals surface area contributed by atoms with Crippen LogP contribution in [0.15, 0.2) is 24.4 Å². The lowest BCUT2D eigenvalue weighted by Crippen LogP contribution is -2.01. The fourth-order valence-electron chi connectivity index (χ4n) is 1.43. The molecule has 0 atom stereocenters. The van der Waals surface area contributed by atoms with E-state index in [1.807, 2.05) is 6.07 Å². The number of nitrogens with one attached hydrogen (secondary N) is 1. The van der Waals surface area contributed by atoms with Crippen LogP contribution >= 0.6 is 0 Å². The minimum atomic E-state index is -0.666. The molecule has 0 aliphatic rings. The number of rotatable bonds is 3. The molecule has 1 aromatic heterocycles. The van der Waals surface area contributed by atoms with Gasteiger partial charge in [0.05, 0.1) is 17.8 Å². The molecule has 1 N–H and O–H groups in total. The van der Waals surface area contributed by atoms with E-state index in [0.717, 1.165) is 11.8 Å². The predicted octanol–water partition coefficient (Wildman–Crippen LogP) is 2.63. The number of nitrogens with zero attached hydrogens (tertiary/aromatic N) is 3. The van der Waals surface area contributed by atoms with Crippen molar-refractivity contribution in [3.05, 3.63) is 41.3 Å². The first-order valence-corrected chi connectivity index (χ1v) is 5.53. The van der Waals surface area contributed by atoms with E-state index in [0.29, 0.717) is 11.3 Å². The monoisotopic (exact) mass is 258 g/mol. The van der Waals surface area contributed by atoms with E-state index in [4.69, 9.17) is 10.00 Å². The van der Waals surface area contributed by atoms with Crippen molar-refractivity contribution in [2.45, 2.75) is 6.92 Å². The Kier molecular flexibility index (Phi) is 3.57. The Bertz CT molecular complexity index is 652. The van der Waals surface area contributed by atoms with Gasteiger partial charge in [0, 0.05) is 7.05 Å². The zero-order valence-corrected chi connectivity index (χ0v) is 10.4. The largest absolute Gasteiger partial charge is 0.436 e. The van der Waals surface area contributed by atoms with Crippen LogP contribution < -0.4 is 10.1 Å². The smallest absolute Gasteiger partial charge is 0.260 e. The second-order valence-electron chi connectivity index (χ2n) is 3.79. The summed E-state index contributed by atoms with van der Waals surface area (Å²) in [7, 11) is 1.62. The van der Waals surface area contributed by atoms with Gasteiger partial charge in [-0.1, -0.05) is 6.07 Å². The van der Waals surface area contributed by atoms with Gasteiger partial charge >= 0.3 is 0 Å². The average molecular weight is 258 g/mol. The molecule has 0 fully saturated rings. The quantitative estimate of drug-likeness (QED) is 0.916. The van der Waals surface area contributed by atoms with Crippen LogP contribution in [-0.4, -0.2) is 17.0 Å². The van der Waals surface area contributed by atoms with Crippen LogP contribution in [0, 0.1) is 24.1 Å². The molecule has 1 heterocycles. The highest BCUT2D eigenvalue weighted by Gasteiger charge is 2.11. The lowest BCUT2D eigenvalue weighted by molar-refractivity contribution is 0.418. The summed E-state index contributed by atoms with van der Waals surface area (Å²) in [6.07, 6.45) is 1.03. The molecule has 0 bridgehead atoms. The Balaban J connectivity index is 2.38. The first-order valence-electron chi connectivity index (χ1n) is 5.53. The van der Waals surface area contributed by atoms with Crippen molar-refractivity contribution >= 4 is 5.95 Å². The topological polar surface area (TPSA) is 70.8 Å². The number of aromatic nitrogens is 2. The molecule has 0 amide bonds. The minimum absolute atomic E-state index is 0.183. The van der Waals surface area contributed by atoms with Crippen molar-refractivity contribution in [2.75, 3.05) is 12.4 Å². The minimum Gasteiger partial charge on any atom is -0.436 e. The molecule has 2 rings (SSSR count). The second-order valence-corrected chi connectivity index (χ2v) is 3.79. The summed E-state index contributed by atoms with van der Waals surface area (Å²) >= 11 is 0. The summed E-state index contributed by atoms with van der Waals surface area (Å²) in [6.45, 7) is 1.80. The summed E-state index contributed by atoms with van der Waals surface area (Å²) in [5.41, 5.74) is 1.21. The number of nitriles is 1. The molecule has 0 aliphatic heterocycles. The Morgan fingerprint density at radius 3 is 2.89 bits per heavy atom. The van der Waals surface area contributed by atoms with Crippen molar-refractivity contribution in [1.29, 1.82) is 5.26 Å². The Hall–Kier alpha value is -2.68. The molecule has 0 saturated heterocycles. The molecule has 96 valence electrons. The number of hydrogen-bond donors (Lipinski definition) is 1. The van der Waals surface area contributed by atoms with E-state index < -0.39 is 5.82 Å². The third-order valence-corrected chi connectivity index (χ3v) is 2.46. The standard InChI is InChI=1S/C13H11FN4O/c1-8-3-4-9(6-15)5-11(8)19-12-10(14)7-17-13(16-2)18-12/h3-5,7H,1-2H3,(H,16,17,18). The third-order valence-electron chi connectivity index (χ3n) is 2.46. The lowest BCUT2D eigenvalue weighted by Gasteiger charge is -2.09. The van der Waals surface area contributed by atoms with Gasteiger partial charge in [0.25, 0.3) is 5.88 Å². The van der Waals surface area contributed by atoms with E-state index >= 15 is 0 Å². The van der Waals surface area contributed by atoms with Gasteiger partial charge in [-0.05, 0) is 24.6 Å². The highest BCUT2D eigenvalue weighted by Crippen LogP contribution is 2.26. The molecule has 0 spiro atoms. The fourth-order valence-corrected chi connectivity index (χ4v) is 1.43. The molecule has 0 aliphatic carbocycles.